The summed E-state index contributed by atoms with van der Waals surface area (Å²) in [5, 5.41) is 22.0. The molecule has 23 heavy (non-hydrogen) atoms. The topological polar surface area (TPSA) is 90.1 Å². The molecule has 1 N–H and O–H groups in total. The lowest BCUT2D eigenvalue weighted by molar-refractivity contribution is -0.159. The molecule has 0 bridgehead atoms. The standard InChI is InChI=1S/C16H20N4O3/c1-3-11-4-6-13(7-5-11)14-17-19-20(18-14)16(15(21)22)8-12(9-16)10-23-2/h4-7,12H,3,8-10H2,1-2H3,(H,21,22). The number of carboxylic acids is 1. The van der Waals surface area contributed by atoms with Crippen molar-refractivity contribution in [2.75, 3.05) is 13.7 Å². The van der Waals surface area contributed by atoms with Gasteiger partial charge in [-0.25, -0.2) is 4.79 Å². The van der Waals surface area contributed by atoms with Gasteiger partial charge in [-0.2, -0.15) is 0 Å². The Kier molecular flexibility index (Phi) is 4.12. The van der Waals surface area contributed by atoms with Gasteiger partial charge in [0.25, 0.3) is 0 Å². The predicted molar refractivity (Wildman–Crippen MR) is 82.8 cm³/mol. The normalized spacial score (nSPS) is 23.5. The van der Waals surface area contributed by atoms with Crippen LogP contribution in [0, 0.1) is 5.92 Å². The molecule has 0 unspecified atom stereocenters. The Morgan fingerprint density at radius 2 is 2.09 bits per heavy atom. The fraction of sp³-hybridized carbons (Fsp3) is 0.500. The van der Waals surface area contributed by atoms with Gasteiger partial charge in [-0.15, -0.1) is 15.0 Å². The molecular formula is C16H20N4O3. The number of aliphatic carboxylic acids is 1. The number of benzene rings is 1. The van der Waals surface area contributed by atoms with E-state index in [4.69, 9.17) is 4.74 Å². The molecule has 0 amide bonds. The zero-order chi connectivity index (χ0) is 16.4. The van der Waals surface area contributed by atoms with Crippen LogP contribution in [0.4, 0.5) is 0 Å². The molecule has 1 aromatic heterocycles. The second-order valence-electron chi connectivity index (χ2n) is 6.02. The third-order valence-electron chi connectivity index (χ3n) is 4.47. The molecule has 0 saturated heterocycles. The number of hydrogen-bond acceptors (Lipinski definition) is 5. The maximum atomic E-state index is 11.7. The van der Waals surface area contributed by atoms with Crippen LogP contribution in [0.25, 0.3) is 11.4 Å². The van der Waals surface area contributed by atoms with Crippen molar-refractivity contribution in [3.8, 4) is 11.4 Å². The SMILES string of the molecule is CCc1ccc(-c2nnn(C3(C(=O)O)CC(COC)C3)n2)cc1. The van der Waals surface area contributed by atoms with E-state index in [0.717, 1.165) is 12.0 Å². The van der Waals surface area contributed by atoms with Gasteiger partial charge in [-0.1, -0.05) is 31.2 Å². The van der Waals surface area contributed by atoms with Crippen molar-refractivity contribution in [1.29, 1.82) is 0 Å². The van der Waals surface area contributed by atoms with E-state index >= 15 is 0 Å². The van der Waals surface area contributed by atoms with E-state index in [0.29, 0.717) is 25.3 Å². The molecule has 0 spiro atoms. The molecule has 7 heteroatoms. The second kappa shape index (κ2) is 6.08. The van der Waals surface area contributed by atoms with Crippen molar-refractivity contribution < 1.29 is 14.6 Å². The summed E-state index contributed by atoms with van der Waals surface area (Å²) < 4.78 is 5.09. The number of hydrogen-bond donors (Lipinski definition) is 1. The van der Waals surface area contributed by atoms with Gasteiger partial charge in [-0.3, -0.25) is 0 Å². The van der Waals surface area contributed by atoms with Crippen molar-refractivity contribution in [3.05, 3.63) is 29.8 Å². The number of tetrazole rings is 1. The van der Waals surface area contributed by atoms with E-state index in [-0.39, 0.29) is 5.92 Å². The van der Waals surface area contributed by atoms with E-state index in [1.807, 2.05) is 24.3 Å². The van der Waals surface area contributed by atoms with Crippen molar-refractivity contribution >= 4 is 5.97 Å². The smallest absolute Gasteiger partial charge is 0.333 e. The van der Waals surface area contributed by atoms with Crippen molar-refractivity contribution in [1.82, 2.24) is 20.2 Å². The summed E-state index contributed by atoms with van der Waals surface area (Å²) in [7, 11) is 1.62. The highest BCUT2D eigenvalue weighted by atomic mass is 16.5. The number of ether oxygens (including phenoxy) is 1. The van der Waals surface area contributed by atoms with E-state index < -0.39 is 11.5 Å². The summed E-state index contributed by atoms with van der Waals surface area (Å²) in [6.45, 7) is 2.64. The van der Waals surface area contributed by atoms with Gasteiger partial charge >= 0.3 is 5.97 Å². The number of carboxylic acid groups (broad SMARTS) is 1. The molecule has 0 radical (unpaired) electrons. The Bertz CT molecular complexity index is 690. The average molecular weight is 316 g/mol. The average Bonchev–Trinajstić information content (AvgIpc) is 3.00. The van der Waals surface area contributed by atoms with Crippen LogP contribution in [-0.4, -0.2) is 45.0 Å². The minimum atomic E-state index is -1.10. The van der Waals surface area contributed by atoms with Crippen LogP contribution in [0.3, 0.4) is 0 Å². The predicted octanol–water partition coefficient (Wildman–Crippen LogP) is 1.74. The van der Waals surface area contributed by atoms with E-state index in [9.17, 15) is 9.90 Å². The maximum Gasteiger partial charge on any atom is 0.333 e. The Labute approximate surface area is 134 Å². The van der Waals surface area contributed by atoms with Gasteiger partial charge in [0.15, 0.2) is 5.54 Å². The molecule has 7 nitrogen and oxygen atoms in total. The Hall–Kier alpha value is -2.28. The zero-order valence-corrected chi connectivity index (χ0v) is 13.3. The fourth-order valence-corrected chi connectivity index (χ4v) is 3.07. The molecule has 1 aliphatic rings. The van der Waals surface area contributed by atoms with Gasteiger partial charge in [0.1, 0.15) is 0 Å². The highest BCUT2D eigenvalue weighted by Crippen LogP contribution is 2.43. The molecular weight excluding hydrogens is 296 g/mol. The largest absolute Gasteiger partial charge is 0.479 e. The van der Waals surface area contributed by atoms with Crippen LogP contribution in [0.5, 0.6) is 0 Å². The van der Waals surface area contributed by atoms with Crippen molar-refractivity contribution in [2.45, 2.75) is 31.7 Å². The monoisotopic (exact) mass is 316 g/mol. The maximum absolute atomic E-state index is 11.7. The Morgan fingerprint density at radius 1 is 1.39 bits per heavy atom. The first-order valence-electron chi connectivity index (χ1n) is 7.71. The van der Waals surface area contributed by atoms with Gasteiger partial charge in [0, 0.05) is 19.3 Å². The molecule has 2 aromatic rings. The molecule has 3 rings (SSSR count). The highest BCUT2D eigenvalue weighted by Gasteiger charge is 2.54. The Balaban J connectivity index is 1.83. The summed E-state index contributed by atoms with van der Waals surface area (Å²) in [5.41, 5.74) is 0.962. The number of carbonyl (C=O) groups is 1. The minimum Gasteiger partial charge on any atom is -0.479 e. The summed E-state index contributed by atoms with van der Waals surface area (Å²) >= 11 is 0. The quantitative estimate of drug-likeness (QED) is 0.873. The lowest BCUT2D eigenvalue weighted by Gasteiger charge is -2.42. The third-order valence-corrected chi connectivity index (χ3v) is 4.47. The third kappa shape index (κ3) is 2.72. The molecule has 122 valence electrons. The van der Waals surface area contributed by atoms with Crippen LogP contribution in [0.1, 0.15) is 25.3 Å². The lowest BCUT2D eigenvalue weighted by Crippen LogP contribution is -2.54. The molecule has 1 fully saturated rings. The van der Waals surface area contributed by atoms with Crippen LogP contribution >= 0.6 is 0 Å². The number of nitrogens with zero attached hydrogens (tertiary/aromatic N) is 4. The molecule has 1 heterocycles. The van der Waals surface area contributed by atoms with Gasteiger partial charge in [0.2, 0.25) is 5.82 Å². The van der Waals surface area contributed by atoms with Gasteiger partial charge < -0.3 is 9.84 Å². The van der Waals surface area contributed by atoms with E-state index in [1.165, 1.54) is 10.4 Å². The number of aromatic nitrogens is 4. The summed E-state index contributed by atoms with van der Waals surface area (Å²) in [6, 6.07) is 7.90. The molecule has 1 aromatic carbocycles. The summed E-state index contributed by atoms with van der Waals surface area (Å²) in [5.74, 6) is -0.256. The Morgan fingerprint density at radius 3 is 2.65 bits per heavy atom. The van der Waals surface area contributed by atoms with E-state index in [1.54, 1.807) is 7.11 Å². The molecule has 1 aliphatic carbocycles. The minimum absolute atomic E-state index is 0.217. The van der Waals surface area contributed by atoms with Gasteiger partial charge in [0.05, 0.1) is 0 Å². The molecule has 0 aliphatic heterocycles. The molecule has 0 atom stereocenters. The first kappa shape index (κ1) is 15.6. The van der Waals surface area contributed by atoms with E-state index in [2.05, 4.69) is 22.3 Å². The number of methoxy groups -OCH3 is 1. The summed E-state index contributed by atoms with van der Waals surface area (Å²) in [6.07, 6.45) is 1.88. The lowest BCUT2D eigenvalue weighted by atomic mass is 9.69. The van der Waals surface area contributed by atoms with Gasteiger partial charge in [-0.05, 0) is 36.0 Å². The number of aryl methyl sites for hydroxylation is 1. The van der Waals surface area contributed by atoms with Crippen LogP contribution in [0.2, 0.25) is 0 Å². The van der Waals surface area contributed by atoms with Crippen molar-refractivity contribution in [2.24, 2.45) is 5.92 Å². The summed E-state index contributed by atoms with van der Waals surface area (Å²) in [4.78, 5) is 13.0. The molecule has 1 saturated carbocycles. The zero-order valence-electron chi connectivity index (χ0n) is 13.3. The first-order valence-corrected chi connectivity index (χ1v) is 7.71. The first-order chi connectivity index (χ1) is 11.1. The van der Waals surface area contributed by atoms with Crippen molar-refractivity contribution in [3.63, 3.8) is 0 Å². The number of rotatable bonds is 6. The van der Waals surface area contributed by atoms with Crippen LogP contribution in [-0.2, 0) is 21.5 Å². The highest BCUT2D eigenvalue weighted by molar-refractivity contribution is 5.77. The second-order valence-corrected chi connectivity index (χ2v) is 6.02. The van der Waals surface area contributed by atoms with Crippen LogP contribution < -0.4 is 0 Å². The van der Waals surface area contributed by atoms with Crippen LogP contribution in [0.15, 0.2) is 24.3 Å². The fourth-order valence-electron chi connectivity index (χ4n) is 3.07.